The van der Waals surface area contributed by atoms with Crippen molar-refractivity contribution in [1.82, 2.24) is 0 Å². The second kappa shape index (κ2) is 9.80. The number of halogens is 2. The summed E-state index contributed by atoms with van der Waals surface area (Å²) >= 11 is -1.53. The molecule has 17 heavy (non-hydrogen) atoms. The van der Waals surface area contributed by atoms with Crippen LogP contribution in [0.5, 0.6) is 0 Å². The van der Waals surface area contributed by atoms with Gasteiger partial charge in [-0.3, -0.25) is 0 Å². The summed E-state index contributed by atoms with van der Waals surface area (Å²) in [5.74, 6) is 0. The Hall–Kier alpha value is -0.187. The van der Waals surface area contributed by atoms with E-state index in [4.69, 9.17) is 19.4 Å². The van der Waals surface area contributed by atoms with Crippen LogP contribution < -0.4 is 0 Å². The van der Waals surface area contributed by atoms with E-state index in [1.54, 1.807) is 0 Å². The van der Waals surface area contributed by atoms with Crippen LogP contribution in [-0.2, 0) is 19.9 Å². The molecule has 3 heteroatoms. The summed E-state index contributed by atoms with van der Waals surface area (Å²) in [5, 5.41) is 0. The van der Waals surface area contributed by atoms with E-state index >= 15 is 0 Å². The molecule has 1 aromatic carbocycles. The molecule has 0 spiro atoms. The molecule has 2 rings (SSSR count). The van der Waals surface area contributed by atoms with Gasteiger partial charge in [-0.2, -0.15) is 0 Å². The molecule has 0 amide bonds. The summed E-state index contributed by atoms with van der Waals surface area (Å²) in [5.41, 5.74) is 4.32. The van der Waals surface area contributed by atoms with Crippen molar-refractivity contribution in [2.24, 2.45) is 0 Å². The summed E-state index contributed by atoms with van der Waals surface area (Å²) < 4.78 is 2.04. The van der Waals surface area contributed by atoms with Crippen LogP contribution in [0.1, 0.15) is 24.8 Å². The Labute approximate surface area is 116 Å². The first-order chi connectivity index (χ1) is 8.29. The van der Waals surface area contributed by atoms with Crippen LogP contribution in [0.3, 0.4) is 0 Å². The molecule has 1 aliphatic carbocycles. The van der Waals surface area contributed by atoms with Crippen molar-refractivity contribution in [3.05, 3.63) is 53.8 Å². The van der Waals surface area contributed by atoms with Crippen LogP contribution in [0, 0.1) is 0 Å². The quantitative estimate of drug-likeness (QED) is 0.537. The monoisotopic (exact) mass is 356 g/mol. The van der Waals surface area contributed by atoms with E-state index in [-0.39, 0.29) is 0 Å². The van der Waals surface area contributed by atoms with Gasteiger partial charge < -0.3 is 0 Å². The number of hydrogen-bond donors (Lipinski definition) is 0. The fraction of sp³-hybridized carbons (Fsp3) is 0.286. The van der Waals surface area contributed by atoms with Gasteiger partial charge in [0.1, 0.15) is 0 Å². The third-order valence-corrected chi connectivity index (χ3v) is 4.51. The summed E-state index contributed by atoms with van der Waals surface area (Å²) in [4.78, 5) is 0. The van der Waals surface area contributed by atoms with Gasteiger partial charge in [0.25, 0.3) is 0 Å². The zero-order chi connectivity index (χ0) is 12.3. The Balaban J connectivity index is 0.000000239. The maximum absolute atomic E-state index is 5.70. The standard InChI is InChI=1S/C9H10.C5H6.2ClH.Ru/c1-2-6-9-7-4-3-5-8-9;1-2-4-5-3-1;;;/h1,3-5,7-8H,2,6H2;1,5H,2,4H2;2*1H;/q;;;;+2/p-2. The predicted molar refractivity (Wildman–Crippen MR) is 74.4 cm³/mol. The molecule has 0 nitrogen and oxygen atoms in total. The molecule has 0 atom stereocenters. The predicted octanol–water partition coefficient (Wildman–Crippen LogP) is 4.84. The van der Waals surface area contributed by atoms with Gasteiger partial charge >= 0.3 is 86.2 Å². The second-order valence-electron chi connectivity index (χ2n) is 3.53. The van der Waals surface area contributed by atoms with Gasteiger partial charge in [0.2, 0.25) is 0 Å². The number of aryl methyl sites for hydroxylation is 1. The molecular weight excluding hydrogens is 340 g/mol. The molecule has 0 aromatic heterocycles. The molecule has 0 fully saturated rings. The first-order valence-electron chi connectivity index (χ1n) is 5.54. The molecule has 0 bridgehead atoms. The second-order valence-corrected chi connectivity index (χ2v) is 9.46. The number of benzene rings is 1. The van der Waals surface area contributed by atoms with Crippen LogP contribution in [0.15, 0.2) is 48.2 Å². The van der Waals surface area contributed by atoms with E-state index in [1.807, 2.05) is 22.8 Å². The van der Waals surface area contributed by atoms with Crippen LogP contribution in [0.25, 0.3) is 0 Å². The Morgan fingerprint density at radius 2 is 1.76 bits per heavy atom. The van der Waals surface area contributed by atoms with Crippen molar-refractivity contribution in [1.29, 1.82) is 0 Å². The molecule has 0 heterocycles. The normalized spacial score (nSPS) is 12.9. The van der Waals surface area contributed by atoms with Gasteiger partial charge in [0, 0.05) is 0 Å². The van der Waals surface area contributed by atoms with Gasteiger partial charge in [-0.25, -0.2) is 0 Å². The minimum absolute atomic E-state index is 0.996. The van der Waals surface area contributed by atoms with Crippen LogP contribution in [-0.4, -0.2) is 4.61 Å². The van der Waals surface area contributed by atoms with Crippen LogP contribution >= 0.6 is 19.4 Å². The number of hydrogen-bond acceptors (Lipinski definition) is 0. The van der Waals surface area contributed by atoms with Crippen molar-refractivity contribution >= 4 is 24.0 Å². The van der Waals surface area contributed by atoms with E-state index in [2.05, 4.69) is 30.0 Å². The molecule has 0 radical (unpaired) electrons. The van der Waals surface area contributed by atoms with Gasteiger partial charge in [-0.15, -0.1) is 5.73 Å². The molecule has 94 valence electrons. The third-order valence-electron chi connectivity index (χ3n) is 2.18. The van der Waals surface area contributed by atoms with E-state index in [0.717, 1.165) is 12.8 Å². The maximum atomic E-state index is 5.70. The van der Waals surface area contributed by atoms with Gasteiger partial charge in [-0.1, -0.05) is 0 Å². The van der Waals surface area contributed by atoms with E-state index < -0.39 is 13.5 Å². The summed E-state index contributed by atoms with van der Waals surface area (Å²) in [7, 11) is 11.4. The van der Waals surface area contributed by atoms with Crippen molar-refractivity contribution in [3.63, 3.8) is 0 Å². The fourth-order valence-corrected chi connectivity index (χ4v) is 2.90. The average Bonchev–Trinajstić information content (AvgIpc) is 2.88. The van der Waals surface area contributed by atoms with Crippen molar-refractivity contribution in [2.75, 3.05) is 0 Å². The van der Waals surface area contributed by atoms with Crippen molar-refractivity contribution < 1.29 is 13.5 Å². The SMILES string of the molecule is C1=CCCC=1.[Cl][Ru]([Cl])=[CH]CCc1ccccc1. The first kappa shape index (κ1) is 14.9. The van der Waals surface area contributed by atoms with Gasteiger partial charge in [-0.05, 0) is 25.0 Å². The van der Waals surface area contributed by atoms with E-state index in [9.17, 15) is 0 Å². The zero-order valence-corrected chi connectivity index (χ0v) is 12.8. The molecule has 0 saturated carbocycles. The molecule has 0 saturated heterocycles. The summed E-state index contributed by atoms with van der Waals surface area (Å²) in [6.45, 7) is 0. The summed E-state index contributed by atoms with van der Waals surface area (Å²) in [6, 6.07) is 10.4. The minimum atomic E-state index is -1.53. The molecule has 0 unspecified atom stereocenters. The summed E-state index contributed by atoms with van der Waals surface area (Å²) in [6.07, 6.45) is 8.57. The third kappa shape index (κ3) is 8.52. The molecule has 0 N–H and O–H groups in total. The zero-order valence-electron chi connectivity index (χ0n) is 9.56. The first-order valence-corrected chi connectivity index (χ1v) is 11.0. The van der Waals surface area contributed by atoms with Crippen LogP contribution in [0.2, 0.25) is 0 Å². The van der Waals surface area contributed by atoms with E-state index in [1.165, 1.54) is 18.4 Å². The van der Waals surface area contributed by atoms with Crippen LogP contribution in [0.4, 0.5) is 0 Å². The molecule has 1 aliphatic rings. The van der Waals surface area contributed by atoms with E-state index in [0.29, 0.717) is 0 Å². The molecule has 1 aromatic rings. The van der Waals surface area contributed by atoms with Crippen molar-refractivity contribution in [2.45, 2.75) is 25.7 Å². The fourth-order valence-electron chi connectivity index (χ4n) is 1.36. The average molecular weight is 356 g/mol. The Bertz CT molecular complexity index is 391. The number of allylic oxidation sites excluding steroid dienone is 1. The van der Waals surface area contributed by atoms with Gasteiger partial charge in [0.05, 0.1) is 0 Å². The topological polar surface area (TPSA) is 0 Å². The molecular formula is C14H16Cl2Ru. The Morgan fingerprint density at radius 1 is 1.12 bits per heavy atom. The Morgan fingerprint density at radius 3 is 2.24 bits per heavy atom. The van der Waals surface area contributed by atoms with Gasteiger partial charge in [0.15, 0.2) is 0 Å². The number of rotatable bonds is 3. The molecule has 0 aliphatic heterocycles. The van der Waals surface area contributed by atoms with Crippen molar-refractivity contribution in [3.8, 4) is 0 Å². The Kier molecular flexibility index (Phi) is 8.58.